The molecule has 1 aliphatic carbocycles. The summed E-state index contributed by atoms with van der Waals surface area (Å²) in [4.78, 5) is 15.8. The van der Waals surface area contributed by atoms with Crippen LogP contribution in [0.4, 0.5) is 17.8 Å². The molecule has 21 heavy (non-hydrogen) atoms. The minimum atomic E-state index is 0.652. The predicted octanol–water partition coefficient (Wildman–Crippen LogP) is 2.51. The predicted molar refractivity (Wildman–Crippen MR) is 85.9 cm³/mol. The lowest BCUT2D eigenvalue weighted by molar-refractivity contribution is 0.565. The molecule has 0 radical (unpaired) electrons. The van der Waals surface area contributed by atoms with Crippen LogP contribution in [0.25, 0.3) is 0 Å². The molecule has 116 valence electrons. The van der Waals surface area contributed by atoms with Crippen molar-refractivity contribution in [3.63, 3.8) is 0 Å². The fourth-order valence-corrected chi connectivity index (χ4v) is 3.24. The molecule has 1 aromatic rings. The summed E-state index contributed by atoms with van der Waals surface area (Å²) >= 11 is 0. The smallest absolute Gasteiger partial charge is 0.231 e. The quantitative estimate of drug-likeness (QED) is 0.868. The molecule has 0 spiro atoms. The number of rotatable bonds is 5. The van der Waals surface area contributed by atoms with Gasteiger partial charge in [0.15, 0.2) is 0 Å². The lowest BCUT2D eigenvalue weighted by atomic mass is 10.1. The topological polar surface area (TPSA) is 66.0 Å². The van der Waals surface area contributed by atoms with E-state index in [0.717, 1.165) is 31.5 Å². The molecule has 0 atom stereocenters. The van der Waals surface area contributed by atoms with E-state index in [9.17, 15) is 0 Å². The van der Waals surface area contributed by atoms with Crippen LogP contribution >= 0.6 is 0 Å². The summed E-state index contributed by atoms with van der Waals surface area (Å²) < 4.78 is 0. The molecule has 6 nitrogen and oxygen atoms in total. The van der Waals surface area contributed by atoms with Gasteiger partial charge in [-0.2, -0.15) is 15.0 Å². The van der Waals surface area contributed by atoms with Gasteiger partial charge in [-0.05, 0) is 38.0 Å². The van der Waals surface area contributed by atoms with Gasteiger partial charge in [0.25, 0.3) is 0 Å². The summed E-state index contributed by atoms with van der Waals surface area (Å²) in [6.07, 6.45) is 9.16. The lowest BCUT2D eigenvalue weighted by Gasteiger charge is -2.27. The van der Waals surface area contributed by atoms with Crippen LogP contribution in [-0.2, 0) is 0 Å². The molecule has 1 saturated carbocycles. The Morgan fingerprint density at radius 2 is 1.67 bits per heavy atom. The molecule has 0 bridgehead atoms. The number of anilines is 3. The zero-order valence-electron chi connectivity index (χ0n) is 12.9. The maximum atomic E-state index is 4.62. The van der Waals surface area contributed by atoms with Crippen molar-refractivity contribution >= 4 is 17.8 Å². The van der Waals surface area contributed by atoms with Crippen LogP contribution in [0.1, 0.15) is 44.9 Å². The third-order valence-electron chi connectivity index (χ3n) is 4.51. The molecule has 0 amide bonds. The zero-order chi connectivity index (χ0) is 14.5. The Balaban J connectivity index is 1.69. The van der Waals surface area contributed by atoms with E-state index in [4.69, 9.17) is 0 Å². The maximum absolute atomic E-state index is 4.62. The first-order chi connectivity index (χ1) is 10.3. The van der Waals surface area contributed by atoms with Gasteiger partial charge in [-0.25, -0.2) is 0 Å². The third-order valence-corrected chi connectivity index (χ3v) is 4.51. The Kier molecular flexibility index (Phi) is 4.72. The highest BCUT2D eigenvalue weighted by Gasteiger charge is 2.18. The van der Waals surface area contributed by atoms with Crippen molar-refractivity contribution in [3.05, 3.63) is 0 Å². The van der Waals surface area contributed by atoms with Crippen molar-refractivity contribution in [1.82, 2.24) is 15.0 Å². The van der Waals surface area contributed by atoms with E-state index in [1.54, 1.807) is 0 Å². The molecule has 3 rings (SSSR count). The Morgan fingerprint density at radius 3 is 2.38 bits per heavy atom. The minimum Gasteiger partial charge on any atom is -0.357 e. The van der Waals surface area contributed by atoms with E-state index in [2.05, 4.69) is 30.5 Å². The van der Waals surface area contributed by atoms with E-state index >= 15 is 0 Å². The average Bonchev–Trinajstić information content (AvgIpc) is 3.07. The summed E-state index contributed by atoms with van der Waals surface area (Å²) in [6.45, 7) is 3.08. The van der Waals surface area contributed by atoms with Crippen LogP contribution in [0.3, 0.4) is 0 Å². The summed E-state index contributed by atoms with van der Waals surface area (Å²) in [6, 6.07) is 0. The molecule has 2 heterocycles. The van der Waals surface area contributed by atoms with E-state index in [0.29, 0.717) is 11.9 Å². The van der Waals surface area contributed by atoms with Crippen LogP contribution in [-0.4, -0.2) is 41.6 Å². The van der Waals surface area contributed by atoms with Gasteiger partial charge < -0.3 is 15.5 Å². The molecule has 1 saturated heterocycles. The van der Waals surface area contributed by atoms with Gasteiger partial charge in [0.2, 0.25) is 17.8 Å². The second kappa shape index (κ2) is 6.91. The highest BCUT2D eigenvalue weighted by molar-refractivity contribution is 5.43. The van der Waals surface area contributed by atoms with Crippen molar-refractivity contribution in [2.24, 2.45) is 5.92 Å². The molecular formula is C15H26N6. The first-order valence-corrected chi connectivity index (χ1v) is 8.28. The highest BCUT2D eigenvalue weighted by Crippen LogP contribution is 2.25. The average molecular weight is 290 g/mol. The summed E-state index contributed by atoms with van der Waals surface area (Å²) in [7, 11) is 1.86. The van der Waals surface area contributed by atoms with Crippen LogP contribution in [0.15, 0.2) is 0 Å². The van der Waals surface area contributed by atoms with Gasteiger partial charge in [0, 0.05) is 26.7 Å². The van der Waals surface area contributed by atoms with E-state index in [-0.39, 0.29) is 0 Å². The van der Waals surface area contributed by atoms with Gasteiger partial charge in [0.05, 0.1) is 0 Å². The number of nitrogens with one attached hydrogen (secondary N) is 2. The van der Waals surface area contributed by atoms with Crippen molar-refractivity contribution in [2.45, 2.75) is 44.9 Å². The number of hydrogen-bond acceptors (Lipinski definition) is 6. The number of aromatic nitrogens is 3. The number of nitrogens with zero attached hydrogens (tertiary/aromatic N) is 4. The molecule has 1 aromatic heterocycles. The highest BCUT2D eigenvalue weighted by atomic mass is 15.3. The van der Waals surface area contributed by atoms with Crippen molar-refractivity contribution in [2.75, 3.05) is 42.2 Å². The molecule has 2 N–H and O–H groups in total. The first-order valence-electron chi connectivity index (χ1n) is 8.28. The SMILES string of the molecule is CNc1nc(NCC2CCCC2)nc(N2CCCCC2)n1. The lowest BCUT2D eigenvalue weighted by Crippen LogP contribution is -2.31. The van der Waals surface area contributed by atoms with Gasteiger partial charge in [-0.1, -0.05) is 12.8 Å². The second-order valence-electron chi connectivity index (χ2n) is 6.11. The molecule has 1 aliphatic heterocycles. The summed E-state index contributed by atoms with van der Waals surface area (Å²) in [5.41, 5.74) is 0. The van der Waals surface area contributed by atoms with Gasteiger partial charge in [-0.15, -0.1) is 0 Å². The Hall–Kier alpha value is -1.59. The molecule has 6 heteroatoms. The third kappa shape index (κ3) is 3.74. The molecule has 0 unspecified atom stereocenters. The van der Waals surface area contributed by atoms with Crippen LogP contribution < -0.4 is 15.5 Å². The summed E-state index contributed by atoms with van der Waals surface area (Å²) in [5, 5.41) is 6.46. The van der Waals surface area contributed by atoms with Gasteiger partial charge in [0.1, 0.15) is 0 Å². The van der Waals surface area contributed by atoms with Gasteiger partial charge in [-0.3, -0.25) is 0 Å². The molecule has 0 aromatic carbocycles. The Morgan fingerprint density at radius 1 is 0.952 bits per heavy atom. The fraction of sp³-hybridized carbons (Fsp3) is 0.800. The van der Waals surface area contributed by atoms with Gasteiger partial charge >= 0.3 is 0 Å². The monoisotopic (exact) mass is 290 g/mol. The van der Waals surface area contributed by atoms with E-state index in [1.165, 1.54) is 44.9 Å². The summed E-state index contributed by atoms with van der Waals surface area (Å²) in [5.74, 6) is 2.95. The van der Waals surface area contributed by atoms with Crippen LogP contribution in [0.2, 0.25) is 0 Å². The Labute approximate surface area is 126 Å². The first kappa shape index (κ1) is 14.4. The number of piperidine rings is 1. The molecular weight excluding hydrogens is 264 g/mol. The molecule has 2 aliphatic rings. The maximum Gasteiger partial charge on any atom is 0.231 e. The molecule has 2 fully saturated rings. The Bertz CT molecular complexity index is 451. The van der Waals surface area contributed by atoms with Crippen molar-refractivity contribution in [1.29, 1.82) is 0 Å². The van der Waals surface area contributed by atoms with E-state index < -0.39 is 0 Å². The fourth-order valence-electron chi connectivity index (χ4n) is 3.24. The minimum absolute atomic E-state index is 0.652. The van der Waals surface area contributed by atoms with Crippen molar-refractivity contribution in [3.8, 4) is 0 Å². The number of hydrogen-bond donors (Lipinski definition) is 2. The zero-order valence-corrected chi connectivity index (χ0v) is 12.9. The van der Waals surface area contributed by atoms with Crippen LogP contribution in [0.5, 0.6) is 0 Å². The second-order valence-corrected chi connectivity index (χ2v) is 6.11. The van der Waals surface area contributed by atoms with Crippen molar-refractivity contribution < 1.29 is 0 Å². The van der Waals surface area contributed by atoms with E-state index in [1.807, 2.05) is 7.05 Å². The van der Waals surface area contributed by atoms with Crippen LogP contribution in [0, 0.1) is 5.92 Å². The largest absolute Gasteiger partial charge is 0.357 e. The normalized spacial score (nSPS) is 19.8. The standard InChI is InChI=1S/C15H26N6/c1-16-13-18-14(17-11-12-7-3-4-8-12)20-15(19-13)21-9-5-2-6-10-21/h12H,2-11H2,1H3,(H2,16,17,18,19,20).